The lowest BCUT2D eigenvalue weighted by atomic mass is 9.77. The minimum atomic E-state index is 0.267. The summed E-state index contributed by atoms with van der Waals surface area (Å²) in [6, 6.07) is 0. The van der Waals surface area contributed by atoms with E-state index in [0.29, 0.717) is 12.2 Å². The van der Waals surface area contributed by atoms with Gasteiger partial charge in [0, 0.05) is 0 Å². The van der Waals surface area contributed by atoms with E-state index in [1.54, 1.807) is 6.26 Å². The molecule has 2 bridgehead atoms. The van der Waals surface area contributed by atoms with E-state index >= 15 is 0 Å². The molecular weight excluding hydrogens is 200 g/mol. The molecule has 88 valence electrons. The van der Waals surface area contributed by atoms with Crippen LogP contribution < -0.4 is 0 Å². The molecule has 1 saturated heterocycles. The average Bonchev–Trinajstić information content (AvgIpc) is 2.97. The van der Waals surface area contributed by atoms with Crippen molar-refractivity contribution in [2.24, 2.45) is 17.8 Å². The van der Waals surface area contributed by atoms with Gasteiger partial charge >= 0.3 is 0 Å². The highest BCUT2D eigenvalue weighted by Gasteiger charge is 2.67. The second-order valence-electron chi connectivity index (χ2n) is 6.12. The fraction of sp³-hybridized carbons (Fsp3) is 0.857. The molecule has 1 spiro atoms. The molecule has 0 amide bonds. The Hall–Kier alpha value is -0.500. The van der Waals surface area contributed by atoms with Crippen LogP contribution in [0, 0.1) is 17.8 Å². The first-order valence-electron chi connectivity index (χ1n) is 6.78. The van der Waals surface area contributed by atoms with Crippen molar-refractivity contribution in [3.05, 3.63) is 12.8 Å². The van der Waals surface area contributed by atoms with Gasteiger partial charge in [-0.3, -0.25) is 0 Å². The monoisotopic (exact) mass is 220 g/mol. The Labute approximate surface area is 97.0 Å². The third-order valence-corrected chi connectivity index (χ3v) is 5.61. The van der Waals surface area contributed by atoms with Gasteiger partial charge in [0.15, 0.2) is 0 Å². The van der Waals surface area contributed by atoms with Gasteiger partial charge in [0.25, 0.3) is 0 Å². The zero-order valence-corrected chi connectivity index (χ0v) is 9.73. The maximum atomic E-state index is 6.48. The van der Waals surface area contributed by atoms with Crippen LogP contribution in [-0.2, 0) is 9.47 Å². The van der Waals surface area contributed by atoms with Gasteiger partial charge in [0.2, 0.25) is 0 Å². The van der Waals surface area contributed by atoms with E-state index in [2.05, 4.69) is 6.58 Å². The minimum absolute atomic E-state index is 0.267. The highest BCUT2D eigenvalue weighted by Crippen LogP contribution is 2.64. The van der Waals surface area contributed by atoms with Gasteiger partial charge in [0.05, 0.1) is 18.0 Å². The van der Waals surface area contributed by atoms with Crippen molar-refractivity contribution in [3.63, 3.8) is 0 Å². The summed E-state index contributed by atoms with van der Waals surface area (Å²) in [6.45, 7) is 3.70. The van der Waals surface area contributed by atoms with E-state index in [1.165, 1.54) is 38.5 Å². The van der Waals surface area contributed by atoms with Gasteiger partial charge in [-0.25, -0.2) is 0 Å². The standard InChI is InChI=1S/C14H20O2/c1-2-15-12-9-7-10-11(8-9)14(16-13(10)12)5-3-4-6-14/h2,9-13H,1,3-8H2. The molecule has 4 aliphatic rings. The predicted molar refractivity (Wildman–Crippen MR) is 60.8 cm³/mol. The Balaban J connectivity index is 1.66. The quantitative estimate of drug-likeness (QED) is 0.666. The lowest BCUT2D eigenvalue weighted by Gasteiger charge is -2.29. The van der Waals surface area contributed by atoms with E-state index in [-0.39, 0.29) is 5.60 Å². The first-order chi connectivity index (χ1) is 7.84. The summed E-state index contributed by atoms with van der Waals surface area (Å²) in [6.07, 6.45) is 10.4. The molecule has 0 aromatic heterocycles. The third-order valence-electron chi connectivity index (χ3n) is 5.61. The molecule has 3 saturated carbocycles. The SMILES string of the molecule is C=COC1C2CC3C1OC1(CCCC1)C3C2. The van der Waals surface area contributed by atoms with Crippen molar-refractivity contribution in [1.82, 2.24) is 0 Å². The Kier molecular flexibility index (Phi) is 1.81. The lowest BCUT2D eigenvalue weighted by molar-refractivity contribution is -0.0846. The largest absolute Gasteiger partial charge is 0.496 e. The summed E-state index contributed by atoms with van der Waals surface area (Å²) in [5.41, 5.74) is 0.267. The molecule has 5 atom stereocenters. The van der Waals surface area contributed by atoms with Gasteiger partial charge < -0.3 is 9.47 Å². The molecule has 1 aliphatic heterocycles. The van der Waals surface area contributed by atoms with E-state index in [1.807, 2.05) is 0 Å². The summed E-state index contributed by atoms with van der Waals surface area (Å²) in [4.78, 5) is 0. The topological polar surface area (TPSA) is 18.5 Å². The summed E-state index contributed by atoms with van der Waals surface area (Å²) in [5.74, 6) is 2.40. The molecule has 2 nitrogen and oxygen atoms in total. The summed E-state index contributed by atoms with van der Waals surface area (Å²) in [7, 11) is 0. The zero-order valence-electron chi connectivity index (χ0n) is 9.73. The van der Waals surface area contributed by atoms with Gasteiger partial charge in [-0.05, 0) is 43.4 Å². The number of fused-ring (bicyclic) bond motifs is 2. The molecule has 3 aliphatic carbocycles. The third kappa shape index (κ3) is 0.976. The second kappa shape index (κ2) is 3.04. The van der Waals surface area contributed by atoms with E-state index in [0.717, 1.165) is 17.8 Å². The number of hydrogen-bond acceptors (Lipinski definition) is 2. The first kappa shape index (κ1) is 9.52. The van der Waals surface area contributed by atoms with Crippen LogP contribution in [0.1, 0.15) is 38.5 Å². The summed E-state index contributed by atoms with van der Waals surface area (Å²) < 4.78 is 12.2. The van der Waals surface area contributed by atoms with E-state index < -0.39 is 0 Å². The fourth-order valence-electron chi connectivity index (χ4n) is 5.13. The van der Waals surface area contributed by atoms with Crippen LogP contribution in [0.5, 0.6) is 0 Å². The molecule has 2 heteroatoms. The maximum absolute atomic E-state index is 6.48. The molecule has 4 rings (SSSR count). The van der Waals surface area contributed by atoms with Gasteiger partial charge in [-0.2, -0.15) is 0 Å². The molecule has 16 heavy (non-hydrogen) atoms. The van der Waals surface area contributed by atoms with Gasteiger partial charge in [-0.1, -0.05) is 19.4 Å². The molecule has 1 heterocycles. The second-order valence-corrected chi connectivity index (χ2v) is 6.12. The zero-order chi connectivity index (χ0) is 10.8. The first-order valence-corrected chi connectivity index (χ1v) is 6.78. The molecule has 0 aromatic carbocycles. The Morgan fingerprint density at radius 1 is 1.25 bits per heavy atom. The summed E-state index contributed by atoms with van der Waals surface area (Å²) in [5, 5.41) is 0. The number of ether oxygens (including phenoxy) is 2. The van der Waals surface area contributed by atoms with Crippen molar-refractivity contribution < 1.29 is 9.47 Å². The average molecular weight is 220 g/mol. The van der Waals surface area contributed by atoms with Crippen LogP contribution in [0.25, 0.3) is 0 Å². The predicted octanol–water partition coefficient (Wildman–Crippen LogP) is 2.88. The fourth-order valence-corrected chi connectivity index (χ4v) is 5.13. The molecule has 5 unspecified atom stereocenters. The van der Waals surface area contributed by atoms with Crippen LogP contribution in [0.4, 0.5) is 0 Å². The normalized spacial score (nSPS) is 51.4. The van der Waals surface area contributed by atoms with Crippen LogP contribution >= 0.6 is 0 Å². The Bertz CT molecular complexity index is 319. The van der Waals surface area contributed by atoms with Crippen LogP contribution in [0.2, 0.25) is 0 Å². The van der Waals surface area contributed by atoms with Gasteiger partial charge in [-0.15, -0.1) is 0 Å². The molecule has 0 radical (unpaired) electrons. The summed E-state index contributed by atoms with van der Waals surface area (Å²) >= 11 is 0. The maximum Gasteiger partial charge on any atom is 0.127 e. The molecule has 4 fully saturated rings. The number of rotatable bonds is 2. The highest BCUT2D eigenvalue weighted by atomic mass is 16.6. The van der Waals surface area contributed by atoms with Crippen molar-refractivity contribution >= 4 is 0 Å². The van der Waals surface area contributed by atoms with E-state index in [4.69, 9.17) is 9.47 Å². The number of hydrogen-bond donors (Lipinski definition) is 0. The lowest BCUT2D eigenvalue weighted by Crippen LogP contribution is -2.33. The molecule has 0 aromatic rings. The molecular formula is C14H20O2. The van der Waals surface area contributed by atoms with Crippen molar-refractivity contribution in [1.29, 1.82) is 0 Å². The minimum Gasteiger partial charge on any atom is -0.496 e. The van der Waals surface area contributed by atoms with Crippen LogP contribution in [-0.4, -0.2) is 17.8 Å². The van der Waals surface area contributed by atoms with Crippen LogP contribution in [0.15, 0.2) is 12.8 Å². The van der Waals surface area contributed by atoms with Crippen molar-refractivity contribution in [2.45, 2.75) is 56.3 Å². The smallest absolute Gasteiger partial charge is 0.127 e. The van der Waals surface area contributed by atoms with Crippen molar-refractivity contribution in [3.8, 4) is 0 Å². The Morgan fingerprint density at radius 3 is 2.81 bits per heavy atom. The van der Waals surface area contributed by atoms with Crippen LogP contribution in [0.3, 0.4) is 0 Å². The van der Waals surface area contributed by atoms with Gasteiger partial charge in [0.1, 0.15) is 6.10 Å². The van der Waals surface area contributed by atoms with Crippen molar-refractivity contribution in [2.75, 3.05) is 0 Å². The highest BCUT2D eigenvalue weighted by molar-refractivity contribution is 5.15. The molecule has 0 N–H and O–H groups in total. The van der Waals surface area contributed by atoms with E-state index in [9.17, 15) is 0 Å². The Morgan fingerprint density at radius 2 is 2.06 bits per heavy atom.